The van der Waals surface area contributed by atoms with E-state index < -0.39 is 0 Å². The number of aryl methyl sites for hydroxylation is 1. The fourth-order valence-corrected chi connectivity index (χ4v) is 1.90. The van der Waals surface area contributed by atoms with Crippen molar-refractivity contribution < 1.29 is 9.53 Å². The van der Waals surface area contributed by atoms with Gasteiger partial charge in [-0.2, -0.15) is 0 Å². The standard InChI is InChI=1S/C10H15N3O2/c1-15-9(14)6-7-10(11)13-5-3-2-4-8(13)12-7/h2-6,11H2,1H3. The molecule has 1 aromatic heterocycles. The predicted molar refractivity (Wildman–Crippen MR) is 55.3 cm³/mol. The van der Waals surface area contributed by atoms with Gasteiger partial charge in [0.2, 0.25) is 0 Å². The third-order valence-corrected chi connectivity index (χ3v) is 2.73. The number of rotatable bonds is 2. The summed E-state index contributed by atoms with van der Waals surface area (Å²) in [6, 6.07) is 0. The maximum absolute atomic E-state index is 11.1. The molecule has 0 saturated carbocycles. The summed E-state index contributed by atoms with van der Waals surface area (Å²) in [4.78, 5) is 15.5. The highest BCUT2D eigenvalue weighted by Crippen LogP contribution is 2.21. The number of hydrogen-bond acceptors (Lipinski definition) is 4. The maximum atomic E-state index is 11.1. The van der Waals surface area contributed by atoms with Gasteiger partial charge in [-0.25, -0.2) is 4.98 Å². The van der Waals surface area contributed by atoms with Gasteiger partial charge in [0.15, 0.2) is 0 Å². The molecule has 5 nitrogen and oxygen atoms in total. The van der Waals surface area contributed by atoms with Crippen molar-refractivity contribution in [2.45, 2.75) is 32.2 Å². The Balaban J connectivity index is 2.25. The van der Waals surface area contributed by atoms with Gasteiger partial charge in [-0.15, -0.1) is 0 Å². The van der Waals surface area contributed by atoms with Gasteiger partial charge in [-0.1, -0.05) is 0 Å². The van der Waals surface area contributed by atoms with Gasteiger partial charge in [-0.3, -0.25) is 4.79 Å². The average molecular weight is 209 g/mol. The van der Waals surface area contributed by atoms with E-state index in [1.165, 1.54) is 7.11 Å². The number of nitrogen functional groups attached to an aromatic ring is 1. The van der Waals surface area contributed by atoms with Crippen molar-refractivity contribution in [2.24, 2.45) is 0 Å². The quantitative estimate of drug-likeness (QED) is 0.721. The third-order valence-electron chi connectivity index (χ3n) is 2.73. The molecule has 5 heteroatoms. The van der Waals surface area contributed by atoms with Crippen LogP contribution in [0.2, 0.25) is 0 Å². The molecule has 0 unspecified atom stereocenters. The lowest BCUT2D eigenvalue weighted by atomic mass is 10.2. The Kier molecular flexibility index (Phi) is 2.62. The third kappa shape index (κ3) is 1.82. The number of carbonyl (C=O) groups is 1. The summed E-state index contributed by atoms with van der Waals surface area (Å²) in [6.45, 7) is 0.912. The van der Waals surface area contributed by atoms with Crippen molar-refractivity contribution in [2.75, 3.05) is 12.8 Å². The summed E-state index contributed by atoms with van der Waals surface area (Å²) in [5.74, 6) is 1.32. The van der Waals surface area contributed by atoms with E-state index in [0.717, 1.165) is 31.6 Å². The highest BCUT2D eigenvalue weighted by Gasteiger charge is 2.19. The average Bonchev–Trinajstić information content (AvgIpc) is 2.57. The van der Waals surface area contributed by atoms with Crippen LogP contribution in [0.4, 0.5) is 5.82 Å². The first-order chi connectivity index (χ1) is 7.22. The van der Waals surface area contributed by atoms with Crippen molar-refractivity contribution in [1.82, 2.24) is 9.55 Å². The number of nitrogens with two attached hydrogens (primary N) is 1. The molecule has 15 heavy (non-hydrogen) atoms. The lowest BCUT2D eigenvalue weighted by Gasteiger charge is -2.14. The molecular formula is C10H15N3O2. The molecule has 2 N–H and O–H groups in total. The van der Waals surface area contributed by atoms with Crippen molar-refractivity contribution >= 4 is 11.8 Å². The molecule has 0 aromatic carbocycles. The molecule has 82 valence electrons. The Morgan fingerprint density at radius 2 is 2.40 bits per heavy atom. The maximum Gasteiger partial charge on any atom is 0.311 e. The van der Waals surface area contributed by atoms with Crippen molar-refractivity contribution in [3.63, 3.8) is 0 Å². The molecule has 2 heterocycles. The number of anilines is 1. The van der Waals surface area contributed by atoms with Gasteiger partial charge in [0.25, 0.3) is 0 Å². The number of imidazole rings is 1. The molecule has 0 aliphatic carbocycles. The van der Waals surface area contributed by atoms with Gasteiger partial charge in [-0.05, 0) is 12.8 Å². The number of carbonyl (C=O) groups excluding carboxylic acids is 1. The van der Waals surface area contributed by atoms with E-state index in [9.17, 15) is 4.79 Å². The van der Waals surface area contributed by atoms with Crippen LogP contribution in [0.1, 0.15) is 24.4 Å². The molecule has 0 bridgehead atoms. The number of hydrogen-bond donors (Lipinski definition) is 1. The summed E-state index contributed by atoms with van der Waals surface area (Å²) in [5, 5.41) is 0. The van der Waals surface area contributed by atoms with Crippen LogP contribution in [-0.4, -0.2) is 22.6 Å². The van der Waals surface area contributed by atoms with Crippen molar-refractivity contribution in [3.05, 3.63) is 11.5 Å². The van der Waals surface area contributed by atoms with Crippen LogP contribution < -0.4 is 5.73 Å². The molecule has 0 radical (unpaired) electrons. The first-order valence-corrected chi connectivity index (χ1v) is 5.13. The number of methoxy groups -OCH3 is 1. The van der Waals surface area contributed by atoms with E-state index in [1.807, 2.05) is 4.57 Å². The predicted octanol–water partition coefficient (Wildman–Crippen LogP) is 0.517. The molecule has 0 spiro atoms. The Hall–Kier alpha value is -1.52. The fourth-order valence-electron chi connectivity index (χ4n) is 1.90. The SMILES string of the molecule is COC(=O)Cc1nc2n(c1N)CCCC2. The van der Waals surface area contributed by atoms with E-state index in [-0.39, 0.29) is 12.4 Å². The molecule has 1 aromatic rings. The topological polar surface area (TPSA) is 70.1 Å². The minimum absolute atomic E-state index is 0.169. The van der Waals surface area contributed by atoms with Gasteiger partial charge >= 0.3 is 5.97 Å². The van der Waals surface area contributed by atoms with E-state index in [1.54, 1.807) is 0 Å². The second-order valence-corrected chi connectivity index (χ2v) is 3.72. The Bertz CT molecular complexity index is 384. The largest absolute Gasteiger partial charge is 0.469 e. The van der Waals surface area contributed by atoms with E-state index >= 15 is 0 Å². The molecule has 0 fully saturated rings. The minimum atomic E-state index is -0.294. The molecule has 0 saturated heterocycles. The van der Waals surface area contributed by atoms with Crippen molar-refractivity contribution in [3.8, 4) is 0 Å². The number of nitrogens with zero attached hydrogens (tertiary/aromatic N) is 2. The zero-order valence-electron chi connectivity index (χ0n) is 8.82. The van der Waals surface area contributed by atoms with E-state index in [4.69, 9.17) is 5.73 Å². The van der Waals surface area contributed by atoms with E-state index in [0.29, 0.717) is 11.5 Å². The Morgan fingerprint density at radius 3 is 3.07 bits per heavy atom. The molecule has 0 amide bonds. The summed E-state index contributed by atoms with van der Waals surface area (Å²) in [7, 11) is 1.37. The van der Waals surface area contributed by atoms with E-state index in [2.05, 4.69) is 9.72 Å². The van der Waals surface area contributed by atoms with Crippen LogP contribution in [0, 0.1) is 0 Å². The van der Waals surface area contributed by atoms with Crippen LogP contribution in [0.25, 0.3) is 0 Å². The lowest BCUT2D eigenvalue weighted by Crippen LogP contribution is -2.12. The summed E-state index contributed by atoms with van der Waals surface area (Å²) < 4.78 is 6.60. The summed E-state index contributed by atoms with van der Waals surface area (Å²) >= 11 is 0. The van der Waals surface area contributed by atoms with Gasteiger partial charge < -0.3 is 15.0 Å². The summed E-state index contributed by atoms with van der Waals surface area (Å²) in [5.41, 5.74) is 6.57. The highest BCUT2D eigenvalue weighted by atomic mass is 16.5. The van der Waals surface area contributed by atoms with Crippen molar-refractivity contribution in [1.29, 1.82) is 0 Å². The van der Waals surface area contributed by atoms with Crippen LogP contribution in [-0.2, 0) is 28.9 Å². The zero-order valence-corrected chi connectivity index (χ0v) is 8.82. The van der Waals surface area contributed by atoms with Crippen LogP contribution in [0.15, 0.2) is 0 Å². The van der Waals surface area contributed by atoms with Gasteiger partial charge in [0, 0.05) is 13.0 Å². The molecular weight excluding hydrogens is 194 g/mol. The number of ether oxygens (including phenoxy) is 1. The number of fused-ring (bicyclic) bond motifs is 1. The fraction of sp³-hybridized carbons (Fsp3) is 0.600. The minimum Gasteiger partial charge on any atom is -0.469 e. The summed E-state index contributed by atoms with van der Waals surface area (Å²) in [6.07, 6.45) is 3.40. The zero-order chi connectivity index (χ0) is 10.8. The van der Waals surface area contributed by atoms with Gasteiger partial charge in [0.05, 0.1) is 19.2 Å². The lowest BCUT2D eigenvalue weighted by molar-refractivity contribution is -0.139. The Morgan fingerprint density at radius 1 is 1.60 bits per heavy atom. The molecule has 2 rings (SSSR count). The first-order valence-electron chi connectivity index (χ1n) is 5.13. The normalized spacial score (nSPS) is 14.7. The first kappa shape index (κ1) is 10.0. The molecule has 1 aliphatic rings. The van der Waals surface area contributed by atoms with Crippen LogP contribution in [0.5, 0.6) is 0 Å². The number of aromatic nitrogens is 2. The Labute approximate surface area is 88.2 Å². The number of esters is 1. The monoisotopic (exact) mass is 209 g/mol. The molecule has 0 atom stereocenters. The second-order valence-electron chi connectivity index (χ2n) is 3.72. The second kappa shape index (κ2) is 3.92. The van der Waals surface area contributed by atoms with Crippen LogP contribution >= 0.6 is 0 Å². The van der Waals surface area contributed by atoms with Gasteiger partial charge in [0.1, 0.15) is 11.6 Å². The molecule has 1 aliphatic heterocycles. The smallest absolute Gasteiger partial charge is 0.311 e. The van der Waals surface area contributed by atoms with Crippen LogP contribution in [0.3, 0.4) is 0 Å². The highest BCUT2D eigenvalue weighted by molar-refractivity contribution is 5.73.